The molecule has 2 fully saturated rings. The topological polar surface area (TPSA) is 52.6 Å². The smallest absolute Gasteiger partial charge is 0.299 e. The maximum Gasteiger partial charge on any atom is 0.299 e. The number of hydrogen-bond donors (Lipinski definition) is 0. The van der Waals surface area contributed by atoms with Gasteiger partial charge in [-0.3, -0.25) is 0 Å². The Morgan fingerprint density at radius 2 is 1.29 bits per heavy atom. The quantitative estimate of drug-likeness (QED) is 0.480. The van der Waals surface area contributed by atoms with Crippen LogP contribution in [0.3, 0.4) is 0 Å². The second-order valence-corrected chi connectivity index (χ2v) is 10.0. The van der Waals surface area contributed by atoms with E-state index in [1.54, 1.807) is 30.3 Å². The molecule has 5 heteroatoms. The van der Waals surface area contributed by atoms with Crippen LogP contribution in [-0.4, -0.2) is 20.8 Å². The van der Waals surface area contributed by atoms with Gasteiger partial charge < -0.3 is 4.74 Å². The molecule has 31 heavy (non-hydrogen) atoms. The third kappa shape index (κ3) is 3.41. The number of benzene rings is 3. The Labute approximate surface area is 184 Å². The average Bonchev–Trinajstić information content (AvgIpc) is 3.30. The standard InChI is InChI=1S/C26H26O4S/c27-31(28,23-15-8-3-9-16-23)30-26-18-10-17-25(26,19-20-29-26)24(21-11-4-1-5-12-21)22-13-6-2-7-14-22/h1-9,11-16,24H,10,17-20H2. The van der Waals surface area contributed by atoms with Gasteiger partial charge in [0.05, 0.1) is 11.5 Å². The maximum atomic E-state index is 13.3. The Morgan fingerprint density at radius 1 is 0.742 bits per heavy atom. The zero-order valence-electron chi connectivity index (χ0n) is 17.3. The van der Waals surface area contributed by atoms with Crippen LogP contribution in [0.25, 0.3) is 0 Å². The van der Waals surface area contributed by atoms with Gasteiger partial charge in [-0.05, 0) is 42.5 Å². The first-order valence-corrected chi connectivity index (χ1v) is 12.2. The van der Waals surface area contributed by atoms with Crippen LogP contribution in [0.1, 0.15) is 42.7 Å². The minimum atomic E-state index is -3.97. The van der Waals surface area contributed by atoms with Crippen molar-refractivity contribution in [3.8, 4) is 0 Å². The van der Waals surface area contributed by atoms with Crippen molar-refractivity contribution in [2.75, 3.05) is 6.61 Å². The maximum absolute atomic E-state index is 13.3. The number of hydrogen-bond acceptors (Lipinski definition) is 4. The van der Waals surface area contributed by atoms with Crippen molar-refractivity contribution in [1.29, 1.82) is 0 Å². The lowest BCUT2D eigenvalue weighted by Gasteiger charge is -2.44. The number of rotatable bonds is 6. The van der Waals surface area contributed by atoms with Gasteiger partial charge in [0, 0.05) is 17.8 Å². The van der Waals surface area contributed by atoms with E-state index >= 15 is 0 Å². The molecule has 1 saturated heterocycles. The minimum Gasteiger partial charge on any atom is -0.348 e. The molecular formula is C26H26O4S. The highest BCUT2D eigenvalue weighted by Gasteiger charge is 2.66. The number of fused-ring (bicyclic) bond motifs is 1. The summed E-state index contributed by atoms with van der Waals surface area (Å²) >= 11 is 0. The van der Waals surface area contributed by atoms with Gasteiger partial charge in [0.25, 0.3) is 10.1 Å². The monoisotopic (exact) mass is 434 g/mol. The van der Waals surface area contributed by atoms with Crippen LogP contribution in [0.2, 0.25) is 0 Å². The van der Waals surface area contributed by atoms with Crippen LogP contribution in [0, 0.1) is 5.41 Å². The molecule has 1 saturated carbocycles. The third-order valence-corrected chi connectivity index (χ3v) is 8.20. The largest absolute Gasteiger partial charge is 0.348 e. The molecule has 0 spiro atoms. The van der Waals surface area contributed by atoms with Gasteiger partial charge in [-0.15, -0.1) is 0 Å². The molecule has 1 heterocycles. The second kappa shape index (κ2) is 7.90. The molecule has 2 unspecified atom stereocenters. The van der Waals surface area contributed by atoms with E-state index in [-0.39, 0.29) is 10.8 Å². The molecule has 2 atom stereocenters. The lowest BCUT2D eigenvalue weighted by atomic mass is 9.64. The van der Waals surface area contributed by atoms with E-state index in [1.807, 2.05) is 36.4 Å². The molecule has 0 bridgehead atoms. The van der Waals surface area contributed by atoms with Crippen LogP contribution >= 0.6 is 0 Å². The van der Waals surface area contributed by atoms with Crippen molar-refractivity contribution in [3.05, 3.63) is 102 Å². The van der Waals surface area contributed by atoms with E-state index in [0.717, 1.165) is 30.4 Å². The van der Waals surface area contributed by atoms with Gasteiger partial charge in [0.15, 0.2) is 5.79 Å². The molecule has 1 aliphatic heterocycles. The van der Waals surface area contributed by atoms with E-state index in [0.29, 0.717) is 13.0 Å². The van der Waals surface area contributed by atoms with E-state index in [4.69, 9.17) is 8.92 Å². The fourth-order valence-electron chi connectivity index (χ4n) is 5.60. The minimum absolute atomic E-state index is 0.0223. The fourth-order valence-corrected chi connectivity index (χ4v) is 6.84. The predicted octanol–water partition coefficient (Wildman–Crippen LogP) is 5.51. The summed E-state index contributed by atoms with van der Waals surface area (Å²) in [4.78, 5) is 0.164. The molecular weight excluding hydrogens is 408 g/mol. The van der Waals surface area contributed by atoms with E-state index in [1.165, 1.54) is 0 Å². The van der Waals surface area contributed by atoms with Crippen LogP contribution in [-0.2, 0) is 19.0 Å². The van der Waals surface area contributed by atoms with Crippen LogP contribution in [0.4, 0.5) is 0 Å². The zero-order valence-corrected chi connectivity index (χ0v) is 18.1. The van der Waals surface area contributed by atoms with Crippen molar-refractivity contribution < 1.29 is 17.3 Å². The molecule has 4 nitrogen and oxygen atoms in total. The first-order valence-electron chi connectivity index (χ1n) is 10.8. The first kappa shape index (κ1) is 20.4. The summed E-state index contributed by atoms with van der Waals surface area (Å²) in [5, 5.41) is 0. The lowest BCUT2D eigenvalue weighted by molar-refractivity contribution is -0.192. The summed E-state index contributed by atoms with van der Waals surface area (Å²) in [5.74, 6) is -1.19. The van der Waals surface area contributed by atoms with Gasteiger partial charge >= 0.3 is 0 Å². The summed E-state index contributed by atoms with van der Waals surface area (Å²) in [6, 6.07) is 29.0. The average molecular weight is 435 g/mol. The number of ether oxygens (including phenoxy) is 1. The first-order chi connectivity index (χ1) is 15.1. The molecule has 0 aromatic heterocycles. The molecule has 0 radical (unpaired) electrons. The van der Waals surface area contributed by atoms with Crippen molar-refractivity contribution in [2.24, 2.45) is 5.41 Å². The highest BCUT2D eigenvalue weighted by atomic mass is 32.2. The summed E-state index contributed by atoms with van der Waals surface area (Å²) in [7, 11) is -3.97. The highest BCUT2D eigenvalue weighted by Crippen LogP contribution is 2.64. The van der Waals surface area contributed by atoms with Crippen molar-refractivity contribution in [2.45, 2.75) is 42.3 Å². The molecule has 5 rings (SSSR count). The van der Waals surface area contributed by atoms with Crippen LogP contribution in [0.5, 0.6) is 0 Å². The Morgan fingerprint density at radius 3 is 1.87 bits per heavy atom. The Kier molecular flexibility index (Phi) is 5.21. The highest BCUT2D eigenvalue weighted by molar-refractivity contribution is 7.86. The van der Waals surface area contributed by atoms with E-state index in [2.05, 4.69) is 24.3 Å². The normalized spacial score (nSPS) is 25.6. The molecule has 1 aliphatic carbocycles. The van der Waals surface area contributed by atoms with Crippen molar-refractivity contribution in [3.63, 3.8) is 0 Å². The van der Waals surface area contributed by atoms with Gasteiger partial charge in [0.1, 0.15) is 0 Å². The molecule has 0 N–H and O–H groups in total. The van der Waals surface area contributed by atoms with Crippen molar-refractivity contribution in [1.82, 2.24) is 0 Å². The summed E-state index contributed by atoms with van der Waals surface area (Å²) in [6.45, 7) is 0.487. The van der Waals surface area contributed by atoms with Gasteiger partial charge in [-0.25, -0.2) is 4.18 Å². The zero-order chi connectivity index (χ0) is 21.4. The lowest BCUT2D eigenvalue weighted by Crippen LogP contribution is -2.48. The van der Waals surface area contributed by atoms with Gasteiger partial charge in [-0.2, -0.15) is 8.42 Å². The molecule has 160 valence electrons. The fraction of sp³-hybridized carbons (Fsp3) is 0.308. The third-order valence-electron chi connectivity index (χ3n) is 6.87. The van der Waals surface area contributed by atoms with Crippen LogP contribution in [0.15, 0.2) is 95.9 Å². The van der Waals surface area contributed by atoms with Gasteiger partial charge in [0.2, 0.25) is 0 Å². The van der Waals surface area contributed by atoms with Crippen LogP contribution < -0.4 is 0 Å². The Balaban J connectivity index is 1.63. The molecule has 3 aromatic rings. The summed E-state index contributed by atoms with van der Waals surface area (Å²) in [5.41, 5.74) is 1.86. The summed E-state index contributed by atoms with van der Waals surface area (Å²) in [6.07, 6.45) is 3.03. The molecule has 0 amide bonds. The predicted molar refractivity (Wildman–Crippen MR) is 119 cm³/mol. The van der Waals surface area contributed by atoms with E-state index < -0.39 is 21.3 Å². The Hall–Kier alpha value is -2.47. The Bertz CT molecular complexity index is 1080. The van der Waals surface area contributed by atoms with Crippen molar-refractivity contribution >= 4 is 10.1 Å². The summed E-state index contributed by atoms with van der Waals surface area (Å²) < 4.78 is 38.8. The van der Waals surface area contributed by atoms with E-state index in [9.17, 15) is 8.42 Å². The van der Waals surface area contributed by atoms with Gasteiger partial charge in [-0.1, -0.05) is 78.9 Å². The SMILES string of the molecule is O=S(=O)(OC12CCCC1(C(c1ccccc1)c1ccccc1)CCO2)c1ccccc1. The second-order valence-electron chi connectivity index (χ2n) is 8.47. The molecule has 2 aliphatic rings. The molecule has 3 aromatic carbocycles.